The molecule has 0 spiro atoms. The van der Waals surface area contributed by atoms with E-state index in [1.54, 1.807) is 0 Å². The van der Waals surface area contributed by atoms with Crippen LogP contribution in [0.1, 0.15) is 55.8 Å². The van der Waals surface area contributed by atoms with Gasteiger partial charge in [-0.2, -0.15) is 0 Å². The summed E-state index contributed by atoms with van der Waals surface area (Å²) in [5.74, 6) is -0.111. The highest BCUT2D eigenvalue weighted by atomic mass is 16.5. The molecule has 0 bridgehead atoms. The smallest absolute Gasteiger partial charge is 0.320 e. The predicted octanol–water partition coefficient (Wildman–Crippen LogP) is 4.54. The highest BCUT2D eigenvalue weighted by Crippen LogP contribution is 2.24. The number of aryl methyl sites for hydroxylation is 1. The van der Waals surface area contributed by atoms with E-state index in [2.05, 4.69) is 59.0 Å². The zero-order valence-corrected chi connectivity index (χ0v) is 16.7. The summed E-state index contributed by atoms with van der Waals surface area (Å²) < 4.78 is 7.54. The number of ether oxygens (including phenoxy) is 1. The second-order valence-corrected chi connectivity index (χ2v) is 7.62. The Labute approximate surface area is 163 Å². The largest absolute Gasteiger partial charge is 0.465 e. The third-order valence-electron chi connectivity index (χ3n) is 5.45. The number of rotatable bonds is 8. The van der Waals surface area contributed by atoms with E-state index in [9.17, 15) is 4.79 Å². The van der Waals surface area contributed by atoms with E-state index in [4.69, 9.17) is 4.74 Å². The van der Waals surface area contributed by atoms with Crippen molar-refractivity contribution in [1.82, 2.24) is 9.47 Å². The standard InChI is InChI=1S/C23H32N2O2/c1-3-27-23(26)18-25(21-11-5-4-6-12-21)17-22-13-8-14-24(22)16-20-10-7-9-19(2)15-20/h7-10,13-15,21H,3-6,11-12,16-18H2,1-2H3. The van der Waals surface area contributed by atoms with Crippen molar-refractivity contribution in [1.29, 1.82) is 0 Å². The van der Waals surface area contributed by atoms with Gasteiger partial charge in [-0.15, -0.1) is 0 Å². The molecule has 2 aromatic rings. The maximum Gasteiger partial charge on any atom is 0.320 e. The van der Waals surface area contributed by atoms with E-state index in [-0.39, 0.29) is 5.97 Å². The lowest BCUT2D eigenvalue weighted by atomic mass is 9.94. The fourth-order valence-electron chi connectivity index (χ4n) is 4.10. The summed E-state index contributed by atoms with van der Waals surface area (Å²) in [4.78, 5) is 14.5. The van der Waals surface area contributed by atoms with Crippen LogP contribution in [0.4, 0.5) is 0 Å². The Bertz CT molecular complexity index is 731. The number of carbonyl (C=O) groups is 1. The Hall–Kier alpha value is -2.07. The van der Waals surface area contributed by atoms with Gasteiger partial charge >= 0.3 is 5.97 Å². The van der Waals surface area contributed by atoms with Gasteiger partial charge in [0.15, 0.2) is 0 Å². The van der Waals surface area contributed by atoms with Gasteiger partial charge in [-0.1, -0.05) is 49.1 Å². The molecule has 1 aromatic carbocycles. The van der Waals surface area contributed by atoms with Crippen molar-refractivity contribution in [3.63, 3.8) is 0 Å². The molecular formula is C23H32N2O2. The van der Waals surface area contributed by atoms with Crippen molar-refractivity contribution in [2.24, 2.45) is 0 Å². The van der Waals surface area contributed by atoms with Crippen molar-refractivity contribution in [2.75, 3.05) is 13.2 Å². The van der Waals surface area contributed by atoms with Gasteiger partial charge in [0.05, 0.1) is 13.2 Å². The molecule has 146 valence electrons. The van der Waals surface area contributed by atoms with Crippen LogP contribution >= 0.6 is 0 Å². The molecule has 0 aliphatic heterocycles. The minimum Gasteiger partial charge on any atom is -0.465 e. The third kappa shape index (κ3) is 5.70. The molecule has 0 N–H and O–H groups in total. The van der Waals surface area contributed by atoms with Gasteiger partial charge in [0.1, 0.15) is 0 Å². The lowest BCUT2D eigenvalue weighted by molar-refractivity contribution is -0.145. The molecular weight excluding hydrogens is 336 g/mol. The number of benzene rings is 1. The summed E-state index contributed by atoms with van der Waals surface area (Å²) in [5.41, 5.74) is 3.85. The highest BCUT2D eigenvalue weighted by molar-refractivity contribution is 5.71. The van der Waals surface area contributed by atoms with Gasteiger partial charge in [0.25, 0.3) is 0 Å². The molecule has 0 unspecified atom stereocenters. The first-order valence-corrected chi connectivity index (χ1v) is 10.2. The van der Waals surface area contributed by atoms with Crippen LogP contribution in [0.15, 0.2) is 42.6 Å². The van der Waals surface area contributed by atoms with E-state index in [0.717, 1.165) is 13.1 Å². The van der Waals surface area contributed by atoms with Crippen LogP contribution in [0.25, 0.3) is 0 Å². The van der Waals surface area contributed by atoms with Crippen molar-refractivity contribution in [3.8, 4) is 0 Å². The van der Waals surface area contributed by atoms with Crippen LogP contribution in [0, 0.1) is 6.92 Å². The SMILES string of the molecule is CCOC(=O)CN(Cc1cccn1Cc1cccc(C)c1)C1CCCCC1. The molecule has 0 saturated heterocycles. The zero-order valence-electron chi connectivity index (χ0n) is 16.7. The molecule has 1 aliphatic rings. The Morgan fingerprint density at radius 1 is 1.19 bits per heavy atom. The fourth-order valence-corrected chi connectivity index (χ4v) is 4.10. The fraction of sp³-hybridized carbons (Fsp3) is 0.522. The van der Waals surface area contributed by atoms with E-state index in [1.807, 2.05) is 6.92 Å². The van der Waals surface area contributed by atoms with Gasteiger partial charge in [-0.3, -0.25) is 9.69 Å². The predicted molar refractivity (Wildman–Crippen MR) is 109 cm³/mol. The van der Waals surface area contributed by atoms with Crippen LogP contribution in [0.2, 0.25) is 0 Å². The van der Waals surface area contributed by atoms with Gasteiger partial charge in [0, 0.05) is 31.0 Å². The molecule has 0 amide bonds. The first kappa shape index (κ1) is 19.7. The topological polar surface area (TPSA) is 34.5 Å². The molecule has 1 aromatic heterocycles. The second-order valence-electron chi connectivity index (χ2n) is 7.62. The molecule has 1 fully saturated rings. The van der Waals surface area contributed by atoms with Crippen molar-refractivity contribution >= 4 is 5.97 Å². The molecule has 1 saturated carbocycles. The number of aromatic nitrogens is 1. The summed E-state index contributed by atoms with van der Waals surface area (Å²) in [6, 6.07) is 13.4. The van der Waals surface area contributed by atoms with Crippen molar-refractivity contribution in [2.45, 2.75) is 65.1 Å². The van der Waals surface area contributed by atoms with Crippen LogP contribution in [0.5, 0.6) is 0 Å². The minimum absolute atomic E-state index is 0.111. The lowest BCUT2D eigenvalue weighted by Gasteiger charge is -2.33. The maximum absolute atomic E-state index is 12.2. The van der Waals surface area contributed by atoms with Crippen LogP contribution < -0.4 is 0 Å². The van der Waals surface area contributed by atoms with E-state index < -0.39 is 0 Å². The molecule has 0 radical (unpaired) electrons. The summed E-state index contributed by atoms with van der Waals surface area (Å²) in [6.07, 6.45) is 8.33. The molecule has 1 heterocycles. The first-order valence-electron chi connectivity index (χ1n) is 10.2. The van der Waals surface area contributed by atoms with Gasteiger partial charge in [-0.05, 0) is 44.4 Å². The average Bonchev–Trinajstić information content (AvgIpc) is 3.09. The van der Waals surface area contributed by atoms with Crippen molar-refractivity contribution in [3.05, 3.63) is 59.4 Å². The Balaban J connectivity index is 1.73. The number of carbonyl (C=O) groups excluding carboxylic acids is 1. The minimum atomic E-state index is -0.111. The molecule has 0 atom stereocenters. The summed E-state index contributed by atoms with van der Waals surface area (Å²) in [7, 11) is 0. The molecule has 3 rings (SSSR count). The number of esters is 1. The number of hydrogen-bond donors (Lipinski definition) is 0. The number of nitrogens with zero attached hydrogens (tertiary/aromatic N) is 2. The Kier molecular flexibility index (Phi) is 7.11. The van der Waals surface area contributed by atoms with Crippen molar-refractivity contribution < 1.29 is 9.53 Å². The average molecular weight is 369 g/mol. The molecule has 4 heteroatoms. The maximum atomic E-state index is 12.2. The molecule has 1 aliphatic carbocycles. The van der Waals surface area contributed by atoms with E-state index in [0.29, 0.717) is 19.2 Å². The first-order chi connectivity index (χ1) is 13.2. The van der Waals surface area contributed by atoms with Crippen LogP contribution in [-0.2, 0) is 22.6 Å². The number of hydrogen-bond acceptors (Lipinski definition) is 3. The zero-order chi connectivity index (χ0) is 19.1. The summed E-state index contributed by atoms with van der Waals surface area (Å²) >= 11 is 0. The normalized spacial score (nSPS) is 15.2. The quantitative estimate of drug-likeness (QED) is 0.642. The highest BCUT2D eigenvalue weighted by Gasteiger charge is 2.24. The summed E-state index contributed by atoms with van der Waals surface area (Å²) in [5, 5.41) is 0. The Morgan fingerprint density at radius 2 is 2.00 bits per heavy atom. The van der Waals surface area contributed by atoms with E-state index >= 15 is 0 Å². The van der Waals surface area contributed by atoms with E-state index in [1.165, 1.54) is 48.9 Å². The van der Waals surface area contributed by atoms with Gasteiger partial charge in [0.2, 0.25) is 0 Å². The Morgan fingerprint density at radius 3 is 2.74 bits per heavy atom. The monoisotopic (exact) mass is 368 g/mol. The lowest BCUT2D eigenvalue weighted by Crippen LogP contribution is -2.40. The molecule has 4 nitrogen and oxygen atoms in total. The van der Waals surface area contributed by atoms with Gasteiger partial charge in [-0.25, -0.2) is 0 Å². The van der Waals surface area contributed by atoms with Crippen LogP contribution in [-0.4, -0.2) is 34.6 Å². The molecule has 27 heavy (non-hydrogen) atoms. The third-order valence-corrected chi connectivity index (χ3v) is 5.45. The van der Waals surface area contributed by atoms with Crippen LogP contribution in [0.3, 0.4) is 0 Å². The summed E-state index contributed by atoms with van der Waals surface area (Å²) in [6.45, 7) is 6.49. The van der Waals surface area contributed by atoms with Gasteiger partial charge < -0.3 is 9.30 Å². The second kappa shape index (κ2) is 9.75.